The molecule has 0 bridgehead atoms. The quantitative estimate of drug-likeness (QED) is 0.444. The van der Waals surface area contributed by atoms with Crippen molar-refractivity contribution >= 4 is 21.9 Å². The summed E-state index contributed by atoms with van der Waals surface area (Å²) in [6.45, 7) is 3.49. The number of nitrogens with one attached hydrogen (secondary N) is 1. The molecule has 0 saturated carbocycles. The van der Waals surface area contributed by atoms with Crippen LogP contribution in [0.25, 0.3) is 0 Å². The van der Waals surface area contributed by atoms with E-state index < -0.39 is 40.7 Å². The number of esters is 1. The summed E-state index contributed by atoms with van der Waals surface area (Å²) in [5, 5.41) is 12.4. The van der Waals surface area contributed by atoms with Gasteiger partial charge in [-0.2, -0.15) is 4.31 Å². The highest BCUT2D eigenvalue weighted by Gasteiger charge is 2.44. The van der Waals surface area contributed by atoms with Crippen LogP contribution in [0.3, 0.4) is 0 Å². The van der Waals surface area contributed by atoms with Crippen LogP contribution in [0.15, 0.2) is 23.1 Å². The molecule has 10 heteroatoms. The average Bonchev–Trinajstić information content (AvgIpc) is 3.05. The molecule has 156 valence electrons. The van der Waals surface area contributed by atoms with E-state index in [0.717, 1.165) is 15.4 Å². The van der Waals surface area contributed by atoms with Crippen LogP contribution in [-0.2, 0) is 29.1 Å². The zero-order valence-electron chi connectivity index (χ0n) is 16.2. The predicted octanol–water partition coefficient (Wildman–Crippen LogP) is -0.267. The minimum atomic E-state index is -4.01. The fraction of sp³-hybridized carbons (Fsp3) is 0.556. The molecule has 1 amide bonds. The third kappa shape index (κ3) is 5.28. The summed E-state index contributed by atoms with van der Waals surface area (Å²) in [7, 11) is -2.52. The Morgan fingerprint density at radius 1 is 1.29 bits per heavy atom. The van der Waals surface area contributed by atoms with E-state index in [2.05, 4.69) is 5.32 Å². The van der Waals surface area contributed by atoms with E-state index in [0.29, 0.717) is 6.61 Å². The van der Waals surface area contributed by atoms with E-state index in [1.807, 2.05) is 6.92 Å². The number of methoxy groups -OCH3 is 1. The standard InChI is InChI=1S/C18H26N2O7S/c1-12-4-5-15(8-13(12)2)28(24,25)20-10-14(21)9-16(20)18(23)27-11-17(22)19-6-7-26-3/h4-5,8,14,16,21H,6-7,9-11H2,1-3H3,(H,19,22). The number of aliphatic hydroxyl groups excluding tert-OH is 1. The van der Waals surface area contributed by atoms with E-state index in [4.69, 9.17) is 9.47 Å². The highest BCUT2D eigenvalue weighted by Crippen LogP contribution is 2.28. The van der Waals surface area contributed by atoms with Gasteiger partial charge in [0.15, 0.2) is 6.61 Å². The molecule has 1 fully saturated rings. The van der Waals surface area contributed by atoms with Gasteiger partial charge in [0.2, 0.25) is 10.0 Å². The van der Waals surface area contributed by atoms with Crippen LogP contribution in [0.1, 0.15) is 17.5 Å². The van der Waals surface area contributed by atoms with Crippen molar-refractivity contribution < 1.29 is 32.6 Å². The van der Waals surface area contributed by atoms with Crippen molar-refractivity contribution in [2.45, 2.75) is 37.3 Å². The molecule has 1 saturated heterocycles. The van der Waals surface area contributed by atoms with Gasteiger partial charge >= 0.3 is 5.97 Å². The zero-order valence-corrected chi connectivity index (χ0v) is 17.0. The van der Waals surface area contributed by atoms with Crippen molar-refractivity contribution in [3.05, 3.63) is 29.3 Å². The first-order chi connectivity index (χ1) is 13.2. The molecule has 1 aromatic rings. The van der Waals surface area contributed by atoms with Crippen molar-refractivity contribution in [3.63, 3.8) is 0 Å². The summed E-state index contributed by atoms with van der Waals surface area (Å²) in [5.74, 6) is -1.39. The summed E-state index contributed by atoms with van der Waals surface area (Å²) in [6, 6.07) is 3.50. The van der Waals surface area contributed by atoms with Crippen LogP contribution in [0.2, 0.25) is 0 Å². The average molecular weight is 414 g/mol. The van der Waals surface area contributed by atoms with Gasteiger partial charge in [0.25, 0.3) is 5.91 Å². The van der Waals surface area contributed by atoms with E-state index in [1.54, 1.807) is 13.0 Å². The van der Waals surface area contributed by atoms with Crippen molar-refractivity contribution in [1.29, 1.82) is 0 Å². The number of aryl methyl sites for hydroxylation is 2. The molecule has 0 aromatic heterocycles. The van der Waals surface area contributed by atoms with Gasteiger partial charge in [-0.3, -0.25) is 9.59 Å². The fourth-order valence-corrected chi connectivity index (χ4v) is 4.56. The lowest BCUT2D eigenvalue weighted by Crippen LogP contribution is -2.42. The number of carbonyl (C=O) groups excluding carboxylic acids is 2. The van der Waals surface area contributed by atoms with Gasteiger partial charge in [-0.05, 0) is 37.1 Å². The van der Waals surface area contributed by atoms with Crippen LogP contribution in [-0.4, -0.2) is 75.3 Å². The number of hydrogen-bond acceptors (Lipinski definition) is 7. The number of hydrogen-bond donors (Lipinski definition) is 2. The number of amides is 1. The van der Waals surface area contributed by atoms with E-state index >= 15 is 0 Å². The normalized spacial score (nSPS) is 20.1. The van der Waals surface area contributed by atoms with E-state index in [-0.39, 0.29) is 24.4 Å². The van der Waals surface area contributed by atoms with Crippen molar-refractivity contribution in [3.8, 4) is 0 Å². The van der Waals surface area contributed by atoms with Crippen molar-refractivity contribution in [1.82, 2.24) is 9.62 Å². The maximum absolute atomic E-state index is 13.0. The van der Waals surface area contributed by atoms with E-state index in [1.165, 1.54) is 19.2 Å². The lowest BCUT2D eigenvalue weighted by molar-refractivity contribution is -0.151. The number of benzene rings is 1. The number of carbonyl (C=O) groups is 2. The molecule has 1 aliphatic rings. The Bertz CT molecular complexity index is 825. The van der Waals surface area contributed by atoms with Gasteiger partial charge in [0.1, 0.15) is 6.04 Å². The lowest BCUT2D eigenvalue weighted by Gasteiger charge is -2.22. The Kier molecular flexibility index (Phi) is 7.53. The predicted molar refractivity (Wildman–Crippen MR) is 100 cm³/mol. The summed E-state index contributed by atoms with van der Waals surface area (Å²) in [5.41, 5.74) is 1.74. The summed E-state index contributed by atoms with van der Waals surface area (Å²) in [4.78, 5) is 24.1. The number of nitrogens with zero attached hydrogens (tertiary/aromatic N) is 1. The topological polar surface area (TPSA) is 122 Å². The minimum absolute atomic E-state index is 0.0415. The molecule has 2 unspecified atom stereocenters. The fourth-order valence-electron chi connectivity index (χ4n) is 2.85. The molecule has 2 atom stereocenters. The van der Waals surface area contributed by atoms with Crippen LogP contribution in [0.4, 0.5) is 0 Å². The highest BCUT2D eigenvalue weighted by molar-refractivity contribution is 7.89. The number of ether oxygens (including phenoxy) is 2. The molecule has 2 N–H and O–H groups in total. The summed E-state index contributed by atoms with van der Waals surface area (Å²) in [6.07, 6.45) is -1.08. The number of sulfonamides is 1. The van der Waals surface area contributed by atoms with Crippen LogP contribution < -0.4 is 5.32 Å². The Morgan fingerprint density at radius 2 is 2.00 bits per heavy atom. The van der Waals surface area contributed by atoms with Gasteiger partial charge in [-0.1, -0.05) is 6.07 Å². The highest BCUT2D eigenvalue weighted by atomic mass is 32.2. The molecule has 1 heterocycles. The molecular formula is C18H26N2O7S. The Hall–Kier alpha value is -2.01. The monoisotopic (exact) mass is 414 g/mol. The second-order valence-corrected chi connectivity index (χ2v) is 8.57. The van der Waals surface area contributed by atoms with Gasteiger partial charge in [-0.25, -0.2) is 8.42 Å². The van der Waals surface area contributed by atoms with E-state index in [9.17, 15) is 23.1 Å². The minimum Gasteiger partial charge on any atom is -0.454 e. The maximum Gasteiger partial charge on any atom is 0.325 e. The molecule has 0 spiro atoms. The molecule has 0 radical (unpaired) electrons. The van der Waals surface area contributed by atoms with Crippen LogP contribution >= 0.6 is 0 Å². The van der Waals surface area contributed by atoms with Crippen molar-refractivity contribution in [2.75, 3.05) is 33.4 Å². The molecular weight excluding hydrogens is 388 g/mol. The van der Waals surface area contributed by atoms with Crippen LogP contribution in [0, 0.1) is 13.8 Å². The molecule has 1 aromatic carbocycles. The molecule has 0 aliphatic carbocycles. The number of aliphatic hydroxyl groups is 1. The first-order valence-electron chi connectivity index (χ1n) is 8.86. The molecule has 9 nitrogen and oxygen atoms in total. The zero-order chi connectivity index (χ0) is 20.9. The SMILES string of the molecule is COCCNC(=O)COC(=O)C1CC(O)CN1S(=O)(=O)c1ccc(C)c(C)c1. The second kappa shape index (κ2) is 9.46. The molecule has 28 heavy (non-hydrogen) atoms. The number of β-amino-alcohol motifs (C(OH)–C–C–N with tert-alkyl or cyclic N) is 1. The summed E-state index contributed by atoms with van der Waals surface area (Å²) >= 11 is 0. The third-order valence-electron chi connectivity index (χ3n) is 4.56. The third-order valence-corrected chi connectivity index (χ3v) is 6.44. The number of rotatable bonds is 8. The van der Waals surface area contributed by atoms with Crippen LogP contribution in [0.5, 0.6) is 0 Å². The van der Waals surface area contributed by atoms with Gasteiger partial charge in [0.05, 0.1) is 17.6 Å². The first kappa shape index (κ1) is 22.3. The smallest absolute Gasteiger partial charge is 0.325 e. The lowest BCUT2D eigenvalue weighted by atomic mass is 10.1. The van der Waals surface area contributed by atoms with Crippen molar-refractivity contribution in [2.24, 2.45) is 0 Å². The second-order valence-electron chi connectivity index (χ2n) is 6.68. The van der Waals surface area contributed by atoms with Gasteiger partial charge in [-0.15, -0.1) is 0 Å². The maximum atomic E-state index is 13.0. The molecule has 1 aliphatic heterocycles. The largest absolute Gasteiger partial charge is 0.454 e. The van der Waals surface area contributed by atoms with Gasteiger partial charge < -0.3 is 19.9 Å². The Morgan fingerprint density at radius 3 is 2.64 bits per heavy atom. The first-order valence-corrected chi connectivity index (χ1v) is 10.3. The van der Waals surface area contributed by atoms with Gasteiger partial charge in [0, 0.05) is 26.6 Å². The Balaban J connectivity index is 2.10. The molecule has 2 rings (SSSR count). The summed E-state index contributed by atoms with van der Waals surface area (Å²) < 4.78 is 36.7. The Labute approximate surface area is 164 Å².